The van der Waals surface area contributed by atoms with Crippen LogP contribution in [0.4, 0.5) is 5.69 Å². The Kier molecular flexibility index (Phi) is 8.30. The number of anilines is 1. The molecule has 0 aromatic heterocycles. The van der Waals surface area contributed by atoms with Crippen LogP contribution in [0.25, 0.3) is 0 Å². The van der Waals surface area contributed by atoms with Crippen LogP contribution in [-0.2, 0) is 19.1 Å². The summed E-state index contributed by atoms with van der Waals surface area (Å²) >= 11 is 0. The van der Waals surface area contributed by atoms with Crippen LogP contribution in [0.15, 0.2) is 18.2 Å². The van der Waals surface area contributed by atoms with Crippen LogP contribution >= 0.6 is 0 Å². The van der Waals surface area contributed by atoms with E-state index in [4.69, 9.17) is 14.2 Å². The van der Waals surface area contributed by atoms with Crippen molar-refractivity contribution in [1.29, 1.82) is 0 Å². The maximum Gasteiger partial charge on any atom is 0.332 e. The number of aryl methyl sites for hydroxylation is 1. The minimum absolute atomic E-state index is 0.0710. The van der Waals surface area contributed by atoms with Crippen LogP contribution in [0.2, 0.25) is 0 Å². The molecule has 1 aromatic carbocycles. The smallest absolute Gasteiger partial charge is 0.332 e. The molecule has 3 atom stereocenters. The first-order chi connectivity index (χ1) is 13.3. The first kappa shape index (κ1) is 22.2. The van der Waals surface area contributed by atoms with Gasteiger partial charge in [0.25, 0.3) is 5.91 Å². The van der Waals surface area contributed by atoms with Crippen molar-refractivity contribution in [2.45, 2.75) is 53.1 Å². The molecule has 2 rings (SSSR count). The zero-order valence-corrected chi connectivity index (χ0v) is 17.6. The Morgan fingerprint density at radius 3 is 2.64 bits per heavy atom. The van der Waals surface area contributed by atoms with Gasteiger partial charge in [-0.3, -0.25) is 4.79 Å². The Hall–Kier alpha value is -2.08. The third-order valence-electron chi connectivity index (χ3n) is 5.37. The van der Waals surface area contributed by atoms with E-state index in [0.29, 0.717) is 29.2 Å². The Labute approximate surface area is 167 Å². The van der Waals surface area contributed by atoms with Crippen molar-refractivity contribution in [2.75, 3.05) is 25.6 Å². The molecule has 0 spiro atoms. The molecule has 28 heavy (non-hydrogen) atoms. The number of carbonyl (C=O) groups is 2. The summed E-state index contributed by atoms with van der Waals surface area (Å²) in [6.07, 6.45) is 3.36. The number of methoxy groups -OCH3 is 1. The van der Waals surface area contributed by atoms with Crippen LogP contribution in [0.1, 0.15) is 45.6 Å². The number of hydrogen-bond donors (Lipinski definition) is 1. The maximum atomic E-state index is 12.1. The fourth-order valence-electron chi connectivity index (χ4n) is 3.77. The topological polar surface area (TPSA) is 73.9 Å². The van der Waals surface area contributed by atoms with Crippen LogP contribution in [-0.4, -0.2) is 38.3 Å². The molecule has 1 N–H and O–H groups in total. The van der Waals surface area contributed by atoms with Crippen molar-refractivity contribution in [3.05, 3.63) is 23.8 Å². The Balaban J connectivity index is 1.79. The number of benzene rings is 1. The molecule has 1 fully saturated rings. The van der Waals surface area contributed by atoms with E-state index in [9.17, 15) is 9.59 Å². The molecule has 0 heterocycles. The standard InChI is InChI=1S/C22H33NO5/c1-14(2)17-8-6-16(4)11-20(17)27-13-22(25)28-12-21(24)23-18-10-15(3)7-9-19(18)26-5/h7,9-10,14,16-17,20H,6,8,11-13H2,1-5H3,(H,23,24). The van der Waals surface area contributed by atoms with E-state index in [1.54, 1.807) is 12.1 Å². The zero-order valence-electron chi connectivity index (χ0n) is 17.6. The molecule has 0 aliphatic heterocycles. The van der Waals surface area contributed by atoms with E-state index < -0.39 is 11.9 Å². The van der Waals surface area contributed by atoms with Crippen molar-refractivity contribution < 1.29 is 23.8 Å². The fraction of sp³-hybridized carbons (Fsp3) is 0.636. The third kappa shape index (κ3) is 6.51. The molecule has 0 radical (unpaired) electrons. The summed E-state index contributed by atoms with van der Waals surface area (Å²) in [4.78, 5) is 24.1. The van der Waals surface area contributed by atoms with Gasteiger partial charge in [-0.1, -0.05) is 33.3 Å². The minimum atomic E-state index is -0.521. The molecule has 1 amide bonds. The van der Waals surface area contributed by atoms with Gasteiger partial charge in [0.2, 0.25) is 0 Å². The second-order valence-corrected chi connectivity index (χ2v) is 8.09. The van der Waals surface area contributed by atoms with Crippen LogP contribution in [0.3, 0.4) is 0 Å². The van der Waals surface area contributed by atoms with Gasteiger partial charge >= 0.3 is 5.97 Å². The number of amides is 1. The number of rotatable bonds is 8. The lowest BCUT2D eigenvalue weighted by molar-refractivity contribution is -0.156. The molecule has 1 aliphatic carbocycles. The van der Waals surface area contributed by atoms with Gasteiger partial charge in [-0.05, 0) is 55.2 Å². The molecule has 1 aromatic rings. The fourth-order valence-corrected chi connectivity index (χ4v) is 3.77. The van der Waals surface area contributed by atoms with Gasteiger partial charge in [-0.15, -0.1) is 0 Å². The highest BCUT2D eigenvalue weighted by atomic mass is 16.6. The summed E-state index contributed by atoms with van der Waals surface area (Å²) in [5.41, 5.74) is 1.54. The van der Waals surface area contributed by atoms with Gasteiger partial charge in [-0.2, -0.15) is 0 Å². The molecular formula is C22H33NO5. The van der Waals surface area contributed by atoms with Crippen LogP contribution in [0.5, 0.6) is 5.75 Å². The molecule has 0 bridgehead atoms. The van der Waals surface area contributed by atoms with Gasteiger partial charge < -0.3 is 19.5 Å². The lowest BCUT2D eigenvalue weighted by atomic mass is 9.75. The molecule has 0 saturated heterocycles. The number of ether oxygens (including phenoxy) is 3. The van der Waals surface area contributed by atoms with Crippen molar-refractivity contribution >= 4 is 17.6 Å². The highest BCUT2D eigenvalue weighted by Gasteiger charge is 2.31. The predicted octanol–water partition coefficient (Wildman–Crippen LogP) is 3.96. The highest BCUT2D eigenvalue weighted by Crippen LogP contribution is 2.35. The van der Waals surface area contributed by atoms with Gasteiger partial charge in [0.15, 0.2) is 6.61 Å². The molecular weight excluding hydrogens is 358 g/mol. The Morgan fingerprint density at radius 2 is 1.96 bits per heavy atom. The monoisotopic (exact) mass is 391 g/mol. The van der Waals surface area contributed by atoms with E-state index in [1.165, 1.54) is 13.5 Å². The molecule has 6 heteroatoms. The summed E-state index contributed by atoms with van der Waals surface area (Å²) in [6.45, 7) is 8.05. The molecule has 1 aliphatic rings. The van der Waals surface area contributed by atoms with Crippen LogP contribution < -0.4 is 10.1 Å². The molecule has 6 nitrogen and oxygen atoms in total. The normalized spacial score (nSPS) is 22.0. The number of esters is 1. The third-order valence-corrected chi connectivity index (χ3v) is 5.37. The molecule has 156 valence electrons. The number of carbonyl (C=O) groups excluding carboxylic acids is 2. The average Bonchev–Trinajstić information content (AvgIpc) is 2.64. The minimum Gasteiger partial charge on any atom is -0.495 e. The Morgan fingerprint density at radius 1 is 1.21 bits per heavy atom. The van der Waals surface area contributed by atoms with Crippen molar-refractivity contribution in [1.82, 2.24) is 0 Å². The summed E-state index contributed by atoms with van der Waals surface area (Å²) in [5, 5.41) is 2.71. The first-order valence-corrected chi connectivity index (χ1v) is 10.0. The maximum absolute atomic E-state index is 12.1. The lowest BCUT2D eigenvalue weighted by Crippen LogP contribution is -2.36. The second kappa shape index (κ2) is 10.5. The summed E-state index contributed by atoms with van der Waals surface area (Å²) in [7, 11) is 1.54. The average molecular weight is 392 g/mol. The van der Waals surface area contributed by atoms with Crippen molar-refractivity contribution in [2.24, 2.45) is 17.8 Å². The summed E-state index contributed by atoms with van der Waals surface area (Å²) in [5.74, 6) is 1.20. The predicted molar refractivity (Wildman–Crippen MR) is 108 cm³/mol. The van der Waals surface area contributed by atoms with E-state index in [0.717, 1.165) is 18.4 Å². The highest BCUT2D eigenvalue weighted by molar-refractivity contribution is 5.94. The van der Waals surface area contributed by atoms with E-state index in [1.807, 2.05) is 13.0 Å². The van der Waals surface area contributed by atoms with Crippen LogP contribution in [0, 0.1) is 24.7 Å². The quantitative estimate of drug-likeness (QED) is 0.679. The van der Waals surface area contributed by atoms with Gasteiger partial charge in [-0.25, -0.2) is 4.79 Å². The van der Waals surface area contributed by atoms with E-state index in [2.05, 4.69) is 26.1 Å². The van der Waals surface area contributed by atoms with E-state index >= 15 is 0 Å². The number of hydrogen-bond acceptors (Lipinski definition) is 5. The molecule has 1 saturated carbocycles. The first-order valence-electron chi connectivity index (χ1n) is 10.0. The van der Waals surface area contributed by atoms with Crippen molar-refractivity contribution in [3.63, 3.8) is 0 Å². The van der Waals surface area contributed by atoms with Gasteiger partial charge in [0.1, 0.15) is 12.4 Å². The molecule has 3 unspecified atom stereocenters. The van der Waals surface area contributed by atoms with E-state index in [-0.39, 0.29) is 19.3 Å². The zero-order chi connectivity index (χ0) is 20.7. The van der Waals surface area contributed by atoms with Crippen molar-refractivity contribution in [3.8, 4) is 5.75 Å². The summed E-state index contributed by atoms with van der Waals surface area (Å²) < 4.78 is 16.2. The SMILES string of the molecule is COc1ccc(C)cc1NC(=O)COC(=O)COC1CC(C)CCC1C(C)C. The lowest BCUT2D eigenvalue weighted by Gasteiger charge is -2.36. The largest absolute Gasteiger partial charge is 0.495 e. The number of nitrogens with one attached hydrogen (secondary N) is 1. The van der Waals surface area contributed by atoms with Gasteiger partial charge in [0, 0.05) is 0 Å². The van der Waals surface area contributed by atoms with Gasteiger partial charge in [0.05, 0.1) is 18.9 Å². The second-order valence-electron chi connectivity index (χ2n) is 8.09. The Bertz CT molecular complexity index is 673. The summed E-state index contributed by atoms with van der Waals surface area (Å²) in [6, 6.07) is 5.47.